The summed E-state index contributed by atoms with van der Waals surface area (Å²) in [6.07, 6.45) is 5.74. The van der Waals surface area contributed by atoms with Crippen molar-refractivity contribution in [3.8, 4) is 0 Å². The van der Waals surface area contributed by atoms with Crippen molar-refractivity contribution in [2.24, 2.45) is 0 Å². The van der Waals surface area contributed by atoms with Gasteiger partial charge in [-0.25, -0.2) is 4.79 Å². The Balaban J connectivity index is 1.91. The van der Waals surface area contributed by atoms with E-state index in [4.69, 9.17) is 9.52 Å². The Morgan fingerprint density at radius 2 is 2.20 bits per heavy atom. The molecule has 2 N–H and O–H groups in total. The molecule has 0 aliphatic heterocycles. The van der Waals surface area contributed by atoms with Crippen LogP contribution in [0.5, 0.6) is 0 Å². The Morgan fingerprint density at radius 1 is 1.35 bits per heavy atom. The first-order valence-electron chi connectivity index (χ1n) is 6.00. The molecule has 0 spiro atoms. The lowest BCUT2D eigenvalue weighted by Crippen LogP contribution is -2.27. The first-order chi connectivity index (χ1) is 9.65. The second-order valence-electron chi connectivity index (χ2n) is 4.09. The van der Waals surface area contributed by atoms with Crippen LogP contribution in [0.1, 0.15) is 11.5 Å². The third kappa shape index (κ3) is 3.88. The van der Waals surface area contributed by atoms with E-state index in [0.29, 0.717) is 18.0 Å². The van der Waals surface area contributed by atoms with Crippen molar-refractivity contribution in [3.05, 3.63) is 54.3 Å². The number of carbonyl (C=O) groups excluding carboxylic acids is 1. The van der Waals surface area contributed by atoms with Crippen molar-refractivity contribution < 1.29 is 19.1 Å². The van der Waals surface area contributed by atoms with Crippen LogP contribution in [0.15, 0.2) is 47.2 Å². The highest BCUT2D eigenvalue weighted by atomic mass is 16.4. The van der Waals surface area contributed by atoms with E-state index >= 15 is 0 Å². The Morgan fingerprint density at radius 3 is 2.90 bits per heavy atom. The van der Waals surface area contributed by atoms with E-state index in [9.17, 15) is 9.59 Å². The van der Waals surface area contributed by atoms with E-state index in [-0.39, 0.29) is 12.5 Å². The van der Waals surface area contributed by atoms with Gasteiger partial charge in [-0.1, -0.05) is 0 Å². The van der Waals surface area contributed by atoms with Crippen LogP contribution in [0, 0.1) is 0 Å². The molecule has 2 heterocycles. The van der Waals surface area contributed by atoms with Crippen molar-refractivity contribution in [1.82, 2.24) is 9.88 Å². The minimum absolute atomic E-state index is 0.118. The van der Waals surface area contributed by atoms with Crippen LogP contribution < -0.4 is 5.32 Å². The predicted octanol–water partition coefficient (Wildman–Crippen LogP) is 1.50. The number of hydrogen-bond donors (Lipinski definition) is 2. The van der Waals surface area contributed by atoms with Crippen molar-refractivity contribution in [2.45, 2.75) is 13.1 Å². The molecule has 104 valence electrons. The first kappa shape index (κ1) is 13.7. The molecule has 6 heteroatoms. The van der Waals surface area contributed by atoms with Gasteiger partial charge >= 0.3 is 5.97 Å². The van der Waals surface area contributed by atoms with E-state index in [0.717, 1.165) is 6.08 Å². The monoisotopic (exact) mass is 274 g/mol. The van der Waals surface area contributed by atoms with E-state index < -0.39 is 5.97 Å². The molecule has 2 rings (SSSR count). The van der Waals surface area contributed by atoms with Gasteiger partial charge in [0.15, 0.2) is 0 Å². The molecule has 0 aliphatic carbocycles. The van der Waals surface area contributed by atoms with Crippen LogP contribution in [0.4, 0.5) is 0 Å². The van der Waals surface area contributed by atoms with Gasteiger partial charge in [0.05, 0.1) is 12.8 Å². The number of amides is 1. The van der Waals surface area contributed by atoms with Crippen molar-refractivity contribution >= 4 is 18.0 Å². The van der Waals surface area contributed by atoms with Gasteiger partial charge in [-0.2, -0.15) is 0 Å². The molecule has 0 saturated carbocycles. The summed E-state index contributed by atoms with van der Waals surface area (Å²) in [5.74, 6) is -0.528. The SMILES string of the molecule is O=C(O)/C=C/c1cccn1CC(=O)NCc1ccco1. The zero-order chi connectivity index (χ0) is 14.4. The molecule has 0 fully saturated rings. The predicted molar refractivity (Wildman–Crippen MR) is 71.7 cm³/mol. The number of carboxylic acid groups (broad SMARTS) is 1. The number of carbonyl (C=O) groups is 2. The highest BCUT2D eigenvalue weighted by molar-refractivity contribution is 5.85. The molecule has 0 bridgehead atoms. The van der Waals surface area contributed by atoms with Gasteiger partial charge in [0.25, 0.3) is 0 Å². The minimum atomic E-state index is -1.03. The number of rotatable bonds is 6. The van der Waals surface area contributed by atoms with Crippen LogP contribution in [0.2, 0.25) is 0 Å². The van der Waals surface area contributed by atoms with Crippen molar-refractivity contribution in [2.75, 3.05) is 0 Å². The summed E-state index contributed by atoms with van der Waals surface area (Å²) in [6.45, 7) is 0.445. The maximum absolute atomic E-state index is 11.8. The fourth-order valence-corrected chi connectivity index (χ4v) is 1.69. The summed E-state index contributed by atoms with van der Waals surface area (Å²) >= 11 is 0. The van der Waals surface area contributed by atoms with E-state index in [1.807, 2.05) is 0 Å². The maximum atomic E-state index is 11.8. The van der Waals surface area contributed by atoms with Gasteiger partial charge in [0.2, 0.25) is 5.91 Å². The third-order valence-electron chi connectivity index (χ3n) is 2.62. The van der Waals surface area contributed by atoms with Gasteiger partial charge in [-0.05, 0) is 30.3 Å². The molecule has 0 aliphatic rings. The molecule has 6 nitrogen and oxygen atoms in total. The van der Waals surface area contributed by atoms with Gasteiger partial charge < -0.3 is 19.4 Å². The molecule has 0 radical (unpaired) electrons. The molecule has 0 saturated heterocycles. The zero-order valence-corrected chi connectivity index (χ0v) is 10.7. The molecular weight excluding hydrogens is 260 g/mol. The van der Waals surface area contributed by atoms with Crippen LogP contribution in [-0.4, -0.2) is 21.6 Å². The Kier molecular flexibility index (Phi) is 4.39. The summed E-state index contributed by atoms with van der Waals surface area (Å²) in [5, 5.41) is 11.3. The number of nitrogens with zero attached hydrogens (tertiary/aromatic N) is 1. The van der Waals surface area contributed by atoms with Crippen LogP contribution in [-0.2, 0) is 22.7 Å². The topological polar surface area (TPSA) is 84.5 Å². The standard InChI is InChI=1S/C14H14N2O4/c17-13(15-9-12-4-2-8-20-12)10-16-7-1-3-11(16)5-6-14(18)19/h1-8H,9-10H2,(H,15,17)(H,18,19)/b6-5+. The molecular formula is C14H14N2O4. The van der Waals surface area contributed by atoms with E-state index in [2.05, 4.69) is 5.32 Å². The molecule has 1 amide bonds. The fraction of sp³-hybridized carbons (Fsp3) is 0.143. The minimum Gasteiger partial charge on any atom is -0.478 e. The fourth-order valence-electron chi connectivity index (χ4n) is 1.69. The second kappa shape index (κ2) is 6.42. The number of furan rings is 1. The lowest BCUT2D eigenvalue weighted by molar-refractivity contribution is -0.131. The summed E-state index contributed by atoms with van der Waals surface area (Å²) in [4.78, 5) is 22.3. The van der Waals surface area contributed by atoms with Crippen LogP contribution >= 0.6 is 0 Å². The van der Waals surface area contributed by atoms with Gasteiger partial charge in [0, 0.05) is 18.0 Å². The normalized spacial score (nSPS) is 10.8. The first-order valence-corrected chi connectivity index (χ1v) is 6.00. The van der Waals surface area contributed by atoms with E-state index in [1.54, 1.807) is 41.3 Å². The molecule has 2 aromatic rings. The van der Waals surface area contributed by atoms with Crippen molar-refractivity contribution in [3.63, 3.8) is 0 Å². The summed E-state index contributed by atoms with van der Waals surface area (Å²) < 4.78 is 6.77. The van der Waals surface area contributed by atoms with Gasteiger partial charge in [-0.15, -0.1) is 0 Å². The average Bonchev–Trinajstić information content (AvgIpc) is 3.05. The summed E-state index contributed by atoms with van der Waals surface area (Å²) in [5.41, 5.74) is 0.653. The number of carboxylic acids is 1. The number of aromatic nitrogens is 1. The Bertz CT molecular complexity index is 611. The zero-order valence-electron chi connectivity index (χ0n) is 10.7. The molecule has 2 aromatic heterocycles. The second-order valence-corrected chi connectivity index (χ2v) is 4.09. The van der Waals surface area contributed by atoms with E-state index in [1.165, 1.54) is 6.08 Å². The molecule has 0 aromatic carbocycles. The van der Waals surface area contributed by atoms with Gasteiger partial charge in [-0.3, -0.25) is 4.79 Å². The highest BCUT2D eigenvalue weighted by Crippen LogP contribution is 2.05. The summed E-state index contributed by atoms with van der Waals surface area (Å²) in [7, 11) is 0. The third-order valence-corrected chi connectivity index (χ3v) is 2.62. The average molecular weight is 274 g/mol. The lowest BCUT2D eigenvalue weighted by atomic mass is 10.3. The van der Waals surface area contributed by atoms with Gasteiger partial charge in [0.1, 0.15) is 12.3 Å². The largest absolute Gasteiger partial charge is 0.478 e. The molecule has 0 unspecified atom stereocenters. The maximum Gasteiger partial charge on any atom is 0.328 e. The molecule has 0 atom stereocenters. The number of nitrogens with one attached hydrogen (secondary N) is 1. The van der Waals surface area contributed by atoms with Crippen molar-refractivity contribution in [1.29, 1.82) is 0 Å². The highest BCUT2D eigenvalue weighted by Gasteiger charge is 2.06. The summed E-state index contributed by atoms with van der Waals surface area (Å²) in [6, 6.07) is 7.01. The van der Waals surface area contributed by atoms with Crippen LogP contribution in [0.25, 0.3) is 6.08 Å². The lowest BCUT2D eigenvalue weighted by Gasteiger charge is -2.07. The molecule has 20 heavy (non-hydrogen) atoms. The quantitative estimate of drug-likeness (QED) is 0.782. The Hall–Kier alpha value is -2.76. The smallest absolute Gasteiger partial charge is 0.328 e. The van der Waals surface area contributed by atoms with Crippen LogP contribution in [0.3, 0.4) is 0 Å². The number of hydrogen-bond acceptors (Lipinski definition) is 3. The number of aliphatic carboxylic acids is 1. The Labute approximate surface area is 115 Å².